The van der Waals surface area contributed by atoms with Crippen molar-refractivity contribution in [2.45, 2.75) is 65.6 Å². The average Bonchev–Trinajstić information content (AvgIpc) is 3.13. The van der Waals surface area contributed by atoms with Crippen LogP contribution in [0, 0.1) is 20.2 Å². The molecule has 14 nitrogen and oxygen atoms in total. The zero-order chi connectivity index (χ0) is 30.4. The van der Waals surface area contributed by atoms with Crippen molar-refractivity contribution in [1.82, 2.24) is 0 Å². The summed E-state index contributed by atoms with van der Waals surface area (Å²) in [5, 5.41) is 32.9. The second-order valence-electron chi connectivity index (χ2n) is 10.7. The molecule has 0 unspecified atom stereocenters. The van der Waals surface area contributed by atoms with Gasteiger partial charge in [-0.15, -0.1) is 0 Å². The summed E-state index contributed by atoms with van der Waals surface area (Å²) in [5.74, 6) is -0.449. The Labute approximate surface area is 268 Å². The molecule has 0 aromatic heterocycles. The van der Waals surface area contributed by atoms with Gasteiger partial charge in [0.25, 0.3) is 11.4 Å². The van der Waals surface area contributed by atoms with E-state index in [1.807, 2.05) is 0 Å². The zero-order valence-electron chi connectivity index (χ0n) is 25.6. The standard InChI is InChI=1S/C13H14N2O5.C13H18N2O5.B.Na.H/c1-13(2,3)20-12(17)14-10-5-4-9(15(18)19)6-8(10)7-11(14)16;1-13(2,3)20-12(17)14-11-5-4-10(15(18)19)8-9(11)6-7-16;;;/h4-6H,7H2,1-3H3;4-5,8,16H,6-7H2,1-3H3,(H,14,17);;;/q;;;+1;-1. The molecule has 42 heavy (non-hydrogen) atoms. The minimum Gasteiger partial charge on any atom is -1.00 e. The number of carbonyl (C=O) groups excluding carboxylic acids is 3. The van der Waals surface area contributed by atoms with Crippen molar-refractivity contribution in [3.63, 3.8) is 0 Å². The predicted molar refractivity (Wildman–Crippen MR) is 151 cm³/mol. The molecular formula is C26H33BN4NaO10. The SMILES string of the molecule is CC(C)(C)OC(=O)N1C(=O)Cc2cc([N+](=O)[O-])ccc21.CC(C)(C)OC(=O)Nc1ccc([N+](=O)[O-])cc1CCO.[B].[H-].[Na+]. The van der Waals surface area contributed by atoms with Crippen LogP contribution in [-0.2, 0) is 27.1 Å². The molecule has 0 atom stereocenters. The fourth-order valence-electron chi connectivity index (χ4n) is 3.49. The molecule has 1 heterocycles. The molecule has 221 valence electrons. The number of benzene rings is 2. The number of hydrogen-bond donors (Lipinski definition) is 2. The third-order valence-corrected chi connectivity index (χ3v) is 5.00. The number of fused-ring (bicyclic) bond motifs is 1. The molecular weight excluding hydrogens is 562 g/mol. The minimum absolute atomic E-state index is 0. The van der Waals surface area contributed by atoms with Crippen molar-refractivity contribution in [3.8, 4) is 0 Å². The number of imide groups is 1. The Morgan fingerprint density at radius 3 is 2.00 bits per heavy atom. The van der Waals surface area contributed by atoms with Crippen molar-refractivity contribution in [2.75, 3.05) is 16.8 Å². The molecule has 0 bridgehead atoms. The van der Waals surface area contributed by atoms with Crippen molar-refractivity contribution < 1.29 is 69.8 Å². The fraction of sp³-hybridized carbons (Fsp3) is 0.423. The molecule has 0 aliphatic carbocycles. The normalized spacial score (nSPS) is 12.0. The molecule has 0 saturated heterocycles. The molecule has 0 fully saturated rings. The number of nitrogens with one attached hydrogen (secondary N) is 1. The van der Waals surface area contributed by atoms with E-state index in [4.69, 9.17) is 14.6 Å². The van der Waals surface area contributed by atoms with Gasteiger partial charge in [-0.1, -0.05) is 0 Å². The molecule has 1 aliphatic rings. The Bertz CT molecular complexity index is 1330. The number of nitro groups is 2. The summed E-state index contributed by atoms with van der Waals surface area (Å²) in [6, 6.07) is 7.98. The number of non-ortho nitro benzene ring substituents is 2. The number of nitro benzene ring substituents is 2. The van der Waals surface area contributed by atoms with Crippen LogP contribution in [0.25, 0.3) is 0 Å². The summed E-state index contributed by atoms with van der Waals surface area (Å²) in [6.45, 7) is 10.1. The van der Waals surface area contributed by atoms with Gasteiger partial charge in [-0.05, 0) is 71.2 Å². The van der Waals surface area contributed by atoms with Crippen molar-refractivity contribution in [2.24, 2.45) is 0 Å². The molecule has 3 rings (SSSR count). The first-order valence-electron chi connectivity index (χ1n) is 12.1. The van der Waals surface area contributed by atoms with Crippen LogP contribution in [0.5, 0.6) is 0 Å². The number of anilines is 2. The first kappa shape index (κ1) is 38.5. The first-order valence-corrected chi connectivity index (χ1v) is 12.1. The molecule has 1 aliphatic heterocycles. The van der Waals surface area contributed by atoms with Gasteiger partial charge >= 0.3 is 41.7 Å². The van der Waals surface area contributed by atoms with Crippen LogP contribution in [0.4, 0.5) is 32.3 Å². The number of carbonyl (C=O) groups is 3. The Balaban J connectivity index is 0. The van der Waals surface area contributed by atoms with Crippen molar-refractivity contribution in [3.05, 3.63) is 67.8 Å². The number of hydrogen-bond acceptors (Lipinski definition) is 10. The van der Waals surface area contributed by atoms with Crippen LogP contribution in [0.2, 0.25) is 0 Å². The fourth-order valence-corrected chi connectivity index (χ4v) is 3.49. The minimum atomic E-state index is -0.768. The van der Waals surface area contributed by atoms with Gasteiger partial charge in [0.05, 0.1) is 22.0 Å². The van der Waals surface area contributed by atoms with E-state index in [9.17, 15) is 34.6 Å². The van der Waals surface area contributed by atoms with Crippen LogP contribution in [0.15, 0.2) is 36.4 Å². The van der Waals surface area contributed by atoms with Crippen molar-refractivity contribution in [1.29, 1.82) is 0 Å². The predicted octanol–water partition coefficient (Wildman–Crippen LogP) is 1.63. The van der Waals surface area contributed by atoms with E-state index in [0.717, 1.165) is 4.90 Å². The van der Waals surface area contributed by atoms with Crippen LogP contribution in [0.3, 0.4) is 0 Å². The van der Waals surface area contributed by atoms with E-state index in [0.29, 0.717) is 22.5 Å². The third kappa shape index (κ3) is 11.4. The van der Waals surface area contributed by atoms with Crippen LogP contribution >= 0.6 is 0 Å². The quantitative estimate of drug-likeness (QED) is 0.292. The molecule has 2 aromatic carbocycles. The molecule has 0 saturated carbocycles. The number of rotatable bonds is 5. The van der Waals surface area contributed by atoms with E-state index in [1.54, 1.807) is 41.5 Å². The Hall–Kier alpha value is -3.53. The van der Waals surface area contributed by atoms with Gasteiger partial charge in [0.15, 0.2) is 0 Å². The second kappa shape index (κ2) is 15.6. The molecule has 3 radical (unpaired) electrons. The van der Waals surface area contributed by atoms with Gasteiger partial charge in [-0.25, -0.2) is 14.5 Å². The number of aliphatic hydroxyl groups is 1. The van der Waals surface area contributed by atoms with Gasteiger partial charge in [0, 0.05) is 45.0 Å². The molecule has 3 amide bonds. The van der Waals surface area contributed by atoms with Crippen LogP contribution < -0.4 is 39.8 Å². The maximum Gasteiger partial charge on any atom is 1.00 e. The van der Waals surface area contributed by atoms with Crippen LogP contribution in [-0.4, -0.2) is 59.3 Å². The van der Waals surface area contributed by atoms with Gasteiger partial charge in [-0.3, -0.25) is 30.3 Å². The van der Waals surface area contributed by atoms with E-state index in [-0.39, 0.29) is 70.2 Å². The average molecular weight is 595 g/mol. The first-order chi connectivity index (χ1) is 18.4. The molecule has 2 aromatic rings. The summed E-state index contributed by atoms with van der Waals surface area (Å²) in [6.07, 6.45) is -1.26. The number of aliphatic hydroxyl groups excluding tert-OH is 1. The maximum absolute atomic E-state index is 12.0. The molecule has 0 spiro atoms. The largest absolute Gasteiger partial charge is 1.00 e. The number of nitrogens with zero attached hydrogens (tertiary/aromatic N) is 3. The van der Waals surface area contributed by atoms with E-state index in [1.165, 1.54) is 36.4 Å². The Kier molecular flexibility index (Phi) is 14.3. The molecule has 2 N–H and O–H groups in total. The zero-order valence-corrected chi connectivity index (χ0v) is 26.6. The number of amides is 3. The van der Waals surface area contributed by atoms with Gasteiger partial charge < -0.3 is 16.0 Å². The van der Waals surface area contributed by atoms with E-state index in [2.05, 4.69) is 5.32 Å². The van der Waals surface area contributed by atoms with Crippen molar-refractivity contribution >= 4 is 49.3 Å². The van der Waals surface area contributed by atoms with Gasteiger partial charge in [-0.2, -0.15) is 0 Å². The summed E-state index contributed by atoms with van der Waals surface area (Å²) in [7, 11) is 0. The third-order valence-electron chi connectivity index (χ3n) is 5.00. The second-order valence-corrected chi connectivity index (χ2v) is 10.7. The Morgan fingerprint density at radius 1 is 0.976 bits per heavy atom. The topological polar surface area (TPSA) is 191 Å². The maximum atomic E-state index is 12.0. The van der Waals surface area contributed by atoms with E-state index >= 15 is 0 Å². The van der Waals surface area contributed by atoms with E-state index < -0.39 is 39.1 Å². The smallest absolute Gasteiger partial charge is 1.00 e. The Morgan fingerprint density at radius 2 is 1.50 bits per heavy atom. The summed E-state index contributed by atoms with van der Waals surface area (Å²) in [4.78, 5) is 56.8. The summed E-state index contributed by atoms with van der Waals surface area (Å²) in [5.41, 5.74) is 0.102. The molecule has 16 heteroatoms. The van der Waals surface area contributed by atoms with Gasteiger partial charge in [0.2, 0.25) is 5.91 Å². The van der Waals surface area contributed by atoms with Gasteiger partial charge in [0.1, 0.15) is 11.2 Å². The monoisotopic (exact) mass is 595 g/mol. The van der Waals surface area contributed by atoms with Crippen LogP contribution in [0.1, 0.15) is 54.1 Å². The summed E-state index contributed by atoms with van der Waals surface area (Å²) < 4.78 is 10.3. The number of ether oxygens (including phenoxy) is 2. The summed E-state index contributed by atoms with van der Waals surface area (Å²) >= 11 is 0.